The Morgan fingerprint density at radius 2 is 1.71 bits per heavy atom. The highest BCUT2D eigenvalue weighted by atomic mass is 16.3. The molecule has 1 fully saturated rings. The summed E-state index contributed by atoms with van der Waals surface area (Å²) < 4.78 is 0. The van der Waals surface area contributed by atoms with Crippen LogP contribution in [0, 0.1) is 11.3 Å². The van der Waals surface area contributed by atoms with E-state index in [-0.39, 0.29) is 6.10 Å². The molecule has 3 atom stereocenters. The van der Waals surface area contributed by atoms with Gasteiger partial charge in [-0.1, -0.05) is 20.8 Å². The Balaban J connectivity index is 2.55. The van der Waals surface area contributed by atoms with Crippen LogP contribution in [-0.2, 0) is 0 Å². The number of hydrogen-bond acceptors (Lipinski definition) is 2. The SMILES string of the molecule is CN(C)[C@H]1CC[C@@H](C(C)(C)C)C[C@H]1O. The Hall–Kier alpha value is -0.0800. The van der Waals surface area contributed by atoms with Crippen LogP contribution in [0.2, 0.25) is 0 Å². The molecule has 84 valence electrons. The van der Waals surface area contributed by atoms with Gasteiger partial charge >= 0.3 is 0 Å². The standard InChI is InChI=1S/C12H25NO/c1-12(2,3)9-6-7-10(13(4)5)11(14)8-9/h9-11,14H,6-8H2,1-5H3/t9-,10+,11-/m1/s1. The maximum Gasteiger partial charge on any atom is 0.0698 e. The van der Waals surface area contributed by atoms with Crippen LogP contribution in [0.5, 0.6) is 0 Å². The van der Waals surface area contributed by atoms with Gasteiger partial charge in [0.1, 0.15) is 0 Å². The first-order valence-electron chi connectivity index (χ1n) is 5.67. The van der Waals surface area contributed by atoms with E-state index in [1.165, 1.54) is 6.42 Å². The molecule has 0 radical (unpaired) electrons. The fraction of sp³-hybridized carbons (Fsp3) is 1.00. The first-order chi connectivity index (χ1) is 6.32. The van der Waals surface area contributed by atoms with E-state index < -0.39 is 0 Å². The second-order valence-corrected chi connectivity index (χ2v) is 5.97. The predicted octanol–water partition coefficient (Wildman–Crippen LogP) is 2.12. The topological polar surface area (TPSA) is 23.5 Å². The van der Waals surface area contributed by atoms with Crippen LogP contribution in [0.4, 0.5) is 0 Å². The van der Waals surface area contributed by atoms with Gasteiger partial charge in [0.25, 0.3) is 0 Å². The first kappa shape index (κ1) is 12.0. The number of hydrogen-bond donors (Lipinski definition) is 1. The lowest BCUT2D eigenvalue weighted by molar-refractivity contribution is -0.00266. The lowest BCUT2D eigenvalue weighted by Crippen LogP contribution is -2.45. The average Bonchev–Trinajstić information content (AvgIpc) is 2.01. The molecule has 2 heteroatoms. The number of aliphatic hydroxyl groups is 1. The highest BCUT2D eigenvalue weighted by Crippen LogP contribution is 2.38. The Bertz CT molecular complexity index is 183. The van der Waals surface area contributed by atoms with Gasteiger partial charge in [0.05, 0.1) is 6.10 Å². The van der Waals surface area contributed by atoms with Crippen molar-refractivity contribution in [2.75, 3.05) is 14.1 Å². The maximum absolute atomic E-state index is 10.0. The van der Waals surface area contributed by atoms with E-state index in [2.05, 4.69) is 39.8 Å². The van der Waals surface area contributed by atoms with Gasteiger partial charge in [-0.15, -0.1) is 0 Å². The summed E-state index contributed by atoms with van der Waals surface area (Å²) in [5.41, 5.74) is 0.345. The molecule has 0 bridgehead atoms. The molecule has 1 aliphatic carbocycles. The van der Waals surface area contributed by atoms with Crippen LogP contribution in [-0.4, -0.2) is 36.2 Å². The molecule has 0 aromatic heterocycles. The van der Waals surface area contributed by atoms with Crippen LogP contribution in [0.1, 0.15) is 40.0 Å². The molecule has 14 heavy (non-hydrogen) atoms. The molecular formula is C12H25NO. The second kappa shape index (κ2) is 4.19. The highest BCUT2D eigenvalue weighted by molar-refractivity contribution is 4.88. The van der Waals surface area contributed by atoms with E-state index in [1.54, 1.807) is 0 Å². The molecule has 1 aliphatic rings. The molecule has 0 amide bonds. The Labute approximate surface area is 88.3 Å². The summed E-state index contributed by atoms with van der Waals surface area (Å²) in [7, 11) is 4.12. The summed E-state index contributed by atoms with van der Waals surface area (Å²) in [6, 6.07) is 0.369. The molecular weight excluding hydrogens is 174 g/mol. The van der Waals surface area contributed by atoms with Crippen molar-refractivity contribution in [3.05, 3.63) is 0 Å². The minimum absolute atomic E-state index is 0.136. The Kier molecular flexibility index (Phi) is 3.59. The van der Waals surface area contributed by atoms with Gasteiger partial charge in [-0.2, -0.15) is 0 Å². The van der Waals surface area contributed by atoms with Gasteiger partial charge < -0.3 is 10.0 Å². The predicted molar refractivity (Wildman–Crippen MR) is 60.3 cm³/mol. The van der Waals surface area contributed by atoms with Gasteiger partial charge in [-0.25, -0.2) is 0 Å². The quantitative estimate of drug-likeness (QED) is 0.699. The molecule has 1 rings (SSSR count). The minimum Gasteiger partial charge on any atom is -0.391 e. The van der Waals surface area contributed by atoms with Gasteiger partial charge in [0.2, 0.25) is 0 Å². The van der Waals surface area contributed by atoms with Crippen LogP contribution >= 0.6 is 0 Å². The van der Waals surface area contributed by atoms with E-state index in [9.17, 15) is 5.11 Å². The number of rotatable bonds is 1. The van der Waals surface area contributed by atoms with Crippen LogP contribution in [0.25, 0.3) is 0 Å². The lowest BCUT2D eigenvalue weighted by atomic mass is 9.70. The van der Waals surface area contributed by atoms with E-state index in [0.717, 1.165) is 12.8 Å². The Morgan fingerprint density at radius 1 is 1.14 bits per heavy atom. The molecule has 0 aromatic rings. The summed E-state index contributed by atoms with van der Waals surface area (Å²) in [5.74, 6) is 0.675. The average molecular weight is 199 g/mol. The van der Waals surface area contributed by atoms with E-state index >= 15 is 0 Å². The molecule has 1 N–H and O–H groups in total. The summed E-state index contributed by atoms with van der Waals surface area (Å²) in [4.78, 5) is 2.16. The van der Waals surface area contributed by atoms with Crippen molar-refractivity contribution in [1.82, 2.24) is 4.90 Å². The highest BCUT2D eigenvalue weighted by Gasteiger charge is 2.35. The first-order valence-corrected chi connectivity index (χ1v) is 5.67. The van der Waals surface area contributed by atoms with Crippen molar-refractivity contribution in [3.8, 4) is 0 Å². The van der Waals surface area contributed by atoms with Crippen molar-refractivity contribution in [3.63, 3.8) is 0 Å². The molecule has 1 saturated carbocycles. The molecule has 0 aromatic carbocycles. The van der Waals surface area contributed by atoms with E-state index in [0.29, 0.717) is 17.4 Å². The molecule has 0 aliphatic heterocycles. The zero-order valence-electron chi connectivity index (χ0n) is 10.2. The largest absolute Gasteiger partial charge is 0.391 e. The monoisotopic (exact) mass is 199 g/mol. The zero-order chi connectivity index (χ0) is 10.9. The maximum atomic E-state index is 10.0. The van der Waals surface area contributed by atoms with Gasteiger partial charge in [0.15, 0.2) is 0 Å². The second-order valence-electron chi connectivity index (χ2n) is 5.97. The van der Waals surface area contributed by atoms with Crippen LogP contribution in [0.3, 0.4) is 0 Å². The lowest BCUT2D eigenvalue weighted by Gasteiger charge is -2.42. The summed E-state index contributed by atoms with van der Waals surface area (Å²) in [6.07, 6.45) is 3.22. The van der Waals surface area contributed by atoms with Gasteiger partial charge in [-0.05, 0) is 44.7 Å². The van der Waals surface area contributed by atoms with Crippen molar-refractivity contribution >= 4 is 0 Å². The molecule has 0 spiro atoms. The van der Waals surface area contributed by atoms with Crippen LogP contribution in [0.15, 0.2) is 0 Å². The molecule has 0 saturated heterocycles. The van der Waals surface area contributed by atoms with E-state index in [4.69, 9.17) is 0 Å². The summed E-state index contributed by atoms with van der Waals surface area (Å²) in [5, 5.41) is 10.0. The third-order valence-corrected chi connectivity index (χ3v) is 3.67. The third-order valence-electron chi connectivity index (χ3n) is 3.67. The number of nitrogens with zero attached hydrogens (tertiary/aromatic N) is 1. The molecule has 2 nitrogen and oxygen atoms in total. The number of likely N-dealkylation sites (N-methyl/N-ethyl adjacent to an activating group) is 1. The van der Waals surface area contributed by atoms with Crippen molar-refractivity contribution in [2.24, 2.45) is 11.3 Å². The zero-order valence-corrected chi connectivity index (χ0v) is 10.2. The number of aliphatic hydroxyl groups excluding tert-OH is 1. The summed E-state index contributed by atoms with van der Waals surface area (Å²) >= 11 is 0. The van der Waals surface area contributed by atoms with Gasteiger partial charge in [0, 0.05) is 6.04 Å². The molecule has 0 heterocycles. The summed E-state index contributed by atoms with van der Waals surface area (Å²) in [6.45, 7) is 6.83. The molecule has 0 unspecified atom stereocenters. The third kappa shape index (κ3) is 2.71. The minimum atomic E-state index is -0.136. The van der Waals surface area contributed by atoms with Crippen molar-refractivity contribution < 1.29 is 5.11 Å². The van der Waals surface area contributed by atoms with Crippen molar-refractivity contribution in [2.45, 2.75) is 52.2 Å². The van der Waals surface area contributed by atoms with Crippen LogP contribution < -0.4 is 0 Å². The fourth-order valence-corrected chi connectivity index (χ4v) is 2.52. The van der Waals surface area contributed by atoms with E-state index in [1.807, 2.05) is 0 Å². The smallest absolute Gasteiger partial charge is 0.0698 e. The Morgan fingerprint density at radius 3 is 2.07 bits per heavy atom. The van der Waals surface area contributed by atoms with Crippen molar-refractivity contribution in [1.29, 1.82) is 0 Å². The normalized spacial score (nSPS) is 34.9. The van der Waals surface area contributed by atoms with Gasteiger partial charge in [-0.3, -0.25) is 0 Å². The fourth-order valence-electron chi connectivity index (χ4n) is 2.52.